The van der Waals surface area contributed by atoms with Gasteiger partial charge in [0.05, 0.1) is 40.7 Å². The van der Waals surface area contributed by atoms with Gasteiger partial charge in [0.25, 0.3) is 0 Å². The Hall–Kier alpha value is -0.0600. The van der Waals surface area contributed by atoms with E-state index in [0.717, 1.165) is 0 Å². The standard InChI is InChI=1S/C13H3Cl7O2/c14-4-2-1-3(13(21)22)7(15)5(4)6-8(16)10(18)12(20)11(19)9(6)17/h1-2H,(H,21,22). The monoisotopic (exact) mass is 436 g/mol. The van der Waals surface area contributed by atoms with E-state index in [1.165, 1.54) is 12.1 Å². The molecule has 0 unspecified atom stereocenters. The van der Waals surface area contributed by atoms with Crippen molar-refractivity contribution in [2.24, 2.45) is 0 Å². The van der Waals surface area contributed by atoms with Crippen LogP contribution in [-0.4, -0.2) is 11.1 Å². The fourth-order valence-electron chi connectivity index (χ4n) is 1.77. The summed E-state index contributed by atoms with van der Waals surface area (Å²) in [4.78, 5) is 11.2. The molecule has 1 N–H and O–H groups in total. The van der Waals surface area contributed by atoms with Gasteiger partial charge in [-0.05, 0) is 12.1 Å². The van der Waals surface area contributed by atoms with E-state index < -0.39 is 5.97 Å². The molecule has 22 heavy (non-hydrogen) atoms. The Kier molecular flexibility index (Phi) is 5.67. The topological polar surface area (TPSA) is 37.3 Å². The summed E-state index contributed by atoms with van der Waals surface area (Å²) in [6.07, 6.45) is 0. The molecule has 0 saturated heterocycles. The van der Waals surface area contributed by atoms with Gasteiger partial charge in [0.1, 0.15) is 0 Å². The third kappa shape index (κ3) is 2.99. The number of benzene rings is 2. The lowest BCUT2D eigenvalue weighted by atomic mass is 10.0. The summed E-state index contributed by atoms with van der Waals surface area (Å²) in [7, 11) is 0. The van der Waals surface area contributed by atoms with E-state index in [1.807, 2.05) is 0 Å². The Balaban J connectivity index is 2.95. The minimum atomic E-state index is -1.23. The lowest BCUT2D eigenvalue weighted by Gasteiger charge is -2.16. The molecular formula is C13H3Cl7O2. The van der Waals surface area contributed by atoms with Gasteiger partial charge in [0.15, 0.2) is 0 Å². The molecule has 2 rings (SSSR count). The number of hydrogen-bond acceptors (Lipinski definition) is 1. The SMILES string of the molecule is O=C(O)c1ccc(Cl)c(-c2c(Cl)c(Cl)c(Cl)c(Cl)c2Cl)c1Cl. The second-order valence-corrected chi connectivity index (χ2v) is 6.71. The van der Waals surface area contributed by atoms with Crippen LogP contribution in [0.4, 0.5) is 0 Å². The van der Waals surface area contributed by atoms with Crippen LogP contribution >= 0.6 is 81.2 Å². The third-order valence-corrected chi connectivity index (χ3v) is 5.77. The molecule has 9 heteroatoms. The number of carboxylic acid groups (broad SMARTS) is 1. The van der Waals surface area contributed by atoms with E-state index in [2.05, 4.69) is 0 Å². The number of halogens is 7. The second kappa shape index (κ2) is 6.82. The Morgan fingerprint density at radius 1 is 0.682 bits per heavy atom. The third-order valence-electron chi connectivity index (χ3n) is 2.78. The van der Waals surface area contributed by atoms with Crippen molar-refractivity contribution in [1.82, 2.24) is 0 Å². The van der Waals surface area contributed by atoms with Crippen molar-refractivity contribution in [2.45, 2.75) is 0 Å². The van der Waals surface area contributed by atoms with Crippen LogP contribution in [0.3, 0.4) is 0 Å². The first-order valence-corrected chi connectivity index (χ1v) is 8.06. The molecule has 116 valence electrons. The molecule has 0 saturated carbocycles. The van der Waals surface area contributed by atoms with E-state index in [0.29, 0.717) is 0 Å². The zero-order chi connectivity index (χ0) is 16.8. The van der Waals surface area contributed by atoms with Crippen molar-refractivity contribution < 1.29 is 9.90 Å². The summed E-state index contributed by atoms with van der Waals surface area (Å²) < 4.78 is 0. The van der Waals surface area contributed by atoms with Crippen LogP contribution in [0.1, 0.15) is 10.4 Å². The molecule has 0 aliphatic carbocycles. The first-order valence-electron chi connectivity index (χ1n) is 5.41. The average molecular weight is 439 g/mol. The minimum absolute atomic E-state index is 0.0243. The van der Waals surface area contributed by atoms with Crippen molar-refractivity contribution in [3.05, 3.63) is 52.9 Å². The molecule has 2 aromatic rings. The van der Waals surface area contributed by atoms with E-state index in [4.69, 9.17) is 86.3 Å². The molecule has 0 aromatic heterocycles. The molecule has 0 atom stereocenters. The zero-order valence-electron chi connectivity index (χ0n) is 10.2. The highest BCUT2D eigenvalue weighted by Crippen LogP contribution is 2.51. The molecule has 0 radical (unpaired) electrons. The van der Waals surface area contributed by atoms with Crippen LogP contribution in [0.15, 0.2) is 12.1 Å². The lowest BCUT2D eigenvalue weighted by molar-refractivity contribution is 0.0697. The molecule has 2 aromatic carbocycles. The molecule has 0 amide bonds. The van der Waals surface area contributed by atoms with E-state index >= 15 is 0 Å². The number of rotatable bonds is 2. The molecule has 0 spiro atoms. The number of carbonyl (C=O) groups is 1. The van der Waals surface area contributed by atoms with Crippen molar-refractivity contribution in [3.63, 3.8) is 0 Å². The van der Waals surface area contributed by atoms with Gasteiger partial charge in [-0.25, -0.2) is 4.79 Å². The fraction of sp³-hybridized carbons (Fsp3) is 0. The molecule has 0 aliphatic heterocycles. The average Bonchev–Trinajstić information content (AvgIpc) is 2.46. The molecule has 2 nitrogen and oxygen atoms in total. The normalized spacial score (nSPS) is 10.9. The summed E-state index contributed by atoms with van der Waals surface area (Å²) >= 11 is 42.5. The van der Waals surface area contributed by atoms with Crippen LogP contribution < -0.4 is 0 Å². The lowest BCUT2D eigenvalue weighted by Crippen LogP contribution is -1.99. The molecule has 0 aliphatic rings. The Labute approximate surface area is 160 Å². The minimum Gasteiger partial charge on any atom is -0.478 e. The van der Waals surface area contributed by atoms with Gasteiger partial charge in [-0.2, -0.15) is 0 Å². The van der Waals surface area contributed by atoms with E-state index in [-0.39, 0.29) is 51.8 Å². The van der Waals surface area contributed by atoms with Gasteiger partial charge in [-0.15, -0.1) is 0 Å². The predicted octanol–water partition coefficient (Wildman–Crippen LogP) is 7.63. The largest absolute Gasteiger partial charge is 0.478 e. The van der Waals surface area contributed by atoms with Gasteiger partial charge in [-0.1, -0.05) is 81.2 Å². The Morgan fingerprint density at radius 3 is 1.59 bits per heavy atom. The summed E-state index contributed by atoms with van der Waals surface area (Å²) in [6, 6.07) is 2.62. The van der Waals surface area contributed by atoms with Crippen LogP contribution in [-0.2, 0) is 0 Å². The molecular weight excluding hydrogens is 436 g/mol. The highest BCUT2D eigenvalue weighted by molar-refractivity contribution is 6.57. The van der Waals surface area contributed by atoms with Gasteiger partial charge in [0, 0.05) is 11.1 Å². The van der Waals surface area contributed by atoms with Crippen LogP contribution in [0.5, 0.6) is 0 Å². The summed E-state index contributed by atoms with van der Waals surface area (Å²) in [5.74, 6) is -1.23. The maximum absolute atomic E-state index is 11.2. The van der Waals surface area contributed by atoms with Crippen molar-refractivity contribution in [3.8, 4) is 11.1 Å². The van der Waals surface area contributed by atoms with Gasteiger partial charge < -0.3 is 5.11 Å². The number of aromatic carboxylic acids is 1. The highest BCUT2D eigenvalue weighted by Gasteiger charge is 2.25. The summed E-state index contributed by atoms with van der Waals surface area (Å²) in [6.45, 7) is 0. The van der Waals surface area contributed by atoms with Crippen LogP contribution in [0.2, 0.25) is 35.2 Å². The number of hydrogen-bond donors (Lipinski definition) is 1. The van der Waals surface area contributed by atoms with Gasteiger partial charge in [0.2, 0.25) is 0 Å². The maximum atomic E-state index is 11.2. The van der Waals surface area contributed by atoms with Gasteiger partial charge >= 0.3 is 5.97 Å². The zero-order valence-corrected chi connectivity index (χ0v) is 15.4. The summed E-state index contributed by atoms with van der Waals surface area (Å²) in [5.41, 5.74) is 0.0509. The van der Waals surface area contributed by atoms with Crippen LogP contribution in [0.25, 0.3) is 11.1 Å². The molecule has 0 heterocycles. The Bertz CT molecular complexity index is 773. The van der Waals surface area contributed by atoms with Crippen molar-refractivity contribution in [2.75, 3.05) is 0 Å². The first-order chi connectivity index (χ1) is 10.2. The molecule has 0 fully saturated rings. The van der Waals surface area contributed by atoms with E-state index in [9.17, 15) is 4.79 Å². The van der Waals surface area contributed by atoms with Crippen molar-refractivity contribution in [1.29, 1.82) is 0 Å². The number of carboxylic acids is 1. The molecule has 0 bridgehead atoms. The van der Waals surface area contributed by atoms with E-state index in [1.54, 1.807) is 0 Å². The van der Waals surface area contributed by atoms with Gasteiger partial charge in [-0.3, -0.25) is 0 Å². The maximum Gasteiger partial charge on any atom is 0.337 e. The quantitative estimate of drug-likeness (QED) is 0.386. The second-order valence-electron chi connectivity index (χ2n) is 4.03. The fourth-order valence-corrected chi connectivity index (χ4v) is 3.74. The van der Waals surface area contributed by atoms with Crippen LogP contribution in [0, 0.1) is 0 Å². The highest BCUT2D eigenvalue weighted by atomic mass is 35.5. The first kappa shape index (κ1) is 18.3. The Morgan fingerprint density at radius 2 is 1.14 bits per heavy atom. The van der Waals surface area contributed by atoms with Crippen molar-refractivity contribution >= 4 is 87.2 Å². The smallest absolute Gasteiger partial charge is 0.337 e. The predicted molar refractivity (Wildman–Crippen MR) is 93.9 cm³/mol. The summed E-state index contributed by atoms with van der Waals surface area (Å²) in [5, 5.41) is 8.97.